The third kappa shape index (κ3) is 3.67. The van der Waals surface area contributed by atoms with Crippen LogP contribution in [0.4, 0.5) is 5.69 Å². The van der Waals surface area contributed by atoms with Gasteiger partial charge in [-0.05, 0) is 41.8 Å². The molecule has 2 aromatic carbocycles. The minimum Gasteiger partial charge on any atom is -0.485 e. The van der Waals surface area contributed by atoms with Crippen molar-refractivity contribution < 1.29 is 19.1 Å². The van der Waals surface area contributed by atoms with Gasteiger partial charge in [0.2, 0.25) is 12.0 Å². The van der Waals surface area contributed by atoms with Gasteiger partial charge in [0, 0.05) is 24.7 Å². The van der Waals surface area contributed by atoms with Crippen molar-refractivity contribution in [2.45, 2.75) is 32.9 Å². The first kappa shape index (κ1) is 18.3. The molecule has 1 atom stereocenters. The number of para-hydroxylation sites is 2. The number of nitrogens with one attached hydrogen (secondary N) is 1. The first-order valence-corrected chi connectivity index (χ1v) is 9.61. The van der Waals surface area contributed by atoms with Crippen LogP contribution < -0.4 is 14.8 Å². The molecule has 2 aromatic rings. The quantitative estimate of drug-likeness (QED) is 0.889. The Labute approximate surface area is 164 Å². The summed E-state index contributed by atoms with van der Waals surface area (Å²) < 4.78 is 11.4. The van der Waals surface area contributed by atoms with Crippen LogP contribution in [0.2, 0.25) is 0 Å². The van der Waals surface area contributed by atoms with Gasteiger partial charge in [-0.25, -0.2) is 0 Å². The predicted molar refractivity (Wildman–Crippen MR) is 105 cm³/mol. The number of hydrogen-bond donors (Lipinski definition) is 1. The molecule has 0 bridgehead atoms. The second kappa shape index (κ2) is 7.54. The van der Waals surface area contributed by atoms with E-state index in [1.807, 2.05) is 55.1 Å². The van der Waals surface area contributed by atoms with Gasteiger partial charge >= 0.3 is 0 Å². The lowest BCUT2D eigenvalue weighted by Gasteiger charge is -2.30. The van der Waals surface area contributed by atoms with Gasteiger partial charge in [0.25, 0.3) is 5.91 Å². The second-order valence-electron chi connectivity index (χ2n) is 7.50. The molecule has 0 aromatic heterocycles. The van der Waals surface area contributed by atoms with Gasteiger partial charge in [0.05, 0.1) is 0 Å². The zero-order valence-electron chi connectivity index (χ0n) is 16.1. The summed E-state index contributed by atoms with van der Waals surface area (Å²) in [4.78, 5) is 26.8. The van der Waals surface area contributed by atoms with E-state index in [1.54, 1.807) is 6.07 Å². The Morgan fingerprint density at radius 3 is 2.68 bits per heavy atom. The van der Waals surface area contributed by atoms with Gasteiger partial charge < -0.3 is 19.7 Å². The standard InChI is InChI=1S/C22H24N2O4/c1-14(2)22(26)24-10-9-15-7-8-17(11-16(15)12-24)23-21(25)20-13-27-18-5-3-4-6-19(18)28-20/h3-8,11,14,20H,9-10,12-13H2,1-2H3,(H,23,25). The van der Waals surface area contributed by atoms with Gasteiger partial charge in [-0.1, -0.05) is 32.0 Å². The molecule has 2 heterocycles. The van der Waals surface area contributed by atoms with Gasteiger partial charge in [-0.2, -0.15) is 0 Å². The van der Waals surface area contributed by atoms with Crippen LogP contribution in [-0.4, -0.2) is 36.0 Å². The molecule has 0 saturated heterocycles. The first-order chi connectivity index (χ1) is 13.5. The highest BCUT2D eigenvalue weighted by atomic mass is 16.6. The van der Waals surface area contributed by atoms with Crippen molar-refractivity contribution in [2.75, 3.05) is 18.5 Å². The summed E-state index contributed by atoms with van der Waals surface area (Å²) in [6, 6.07) is 13.2. The molecule has 0 fully saturated rings. The number of hydrogen-bond acceptors (Lipinski definition) is 4. The van der Waals surface area contributed by atoms with Crippen LogP contribution in [0.15, 0.2) is 42.5 Å². The molecule has 146 valence electrons. The highest BCUT2D eigenvalue weighted by Gasteiger charge is 2.28. The summed E-state index contributed by atoms with van der Waals surface area (Å²) in [6.45, 7) is 5.32. The van der Waals surface area contributed by atoms with Crippen molar-refractivity contribution >= 4 is 17.5 Å². The van der Waals surface area contributed by atoms with Crippen molar-refractivity contribution in [3.63, 3.8) is 0 Å². The maximum Gasteiger partial charge on any atom is 0.269 e. The summed E-state index contributed by atoms with van der Waals surface area (Å²) in [5, 5.41) is 2.91. The largest absolute Gasteiger partial charge is 0.485 e. The maximum absolute atomic E-state index is 12.6. The summed E-state index contributed by atoms with van der Waals surface area (Å²) in [5.41, 5.74) is 2.99. The Morgan fingerprint density at radius 2 is 1.89 bits per heavy atom. The molecule has 2 aliphatic rings. The number of anilines is 1. The minimum atomic E-state index is -0.704. The van der Waals surface area contributed by atoms with Crippen molar-refractivity contribution in [3.05, 3.63) is 53.6 Å². The third-order valence-electron chi connectivity index (χ3n) is 5.09. The lowest BCUT2D eigenvalue weighted by atomic mass is 9.98. The summed E-state index contributed by atoms with van der Waals surface area (Å²) in [6.07, 6.45) is 0.128. The predicted octanol–water partition coefficient (Wildman–Crippen LogP) is 3.01. The van der Waals surface area contributed by atoms with Crippen LogP contribution in [-0.2, 0) is 22.6 Å². The molecule has 28 heavy (non-hydrogen) atoms. The fourth-order valence-electron chi connectivity index (χ4n) is 3.56. The average molecular weight is 380 g/mol. The zero-order valence-corrected chi connectivity index (χ0v) is 16.1. The summed E-state index contributed by atoms with van der Waals surface area (Å²) in [7, 11) is 0. The zero-order chi connectivity index (χ0) is 19.7. The molecular formula is C22H24N2O4. The highest BCUT2D eigenvalue weighted by molar-refractivity contribution is 5.95. The topological polar surface area (TPSA) is 67.9 Å². The van der Waals surface area contributed by atoms with Crippen LogP contribution in [0, 0.1) is 5.92 Å². The Hall–Kier alpha value is -3.02. The average Bonchev–Trinajstić information content (AvgIpc) is 2.72. The van der Waals surface area contributed by atoms with Crippen molar-refractivity contribution in [3.8, 4) is 11.5 Å². The molecule has 1 N–H and O–H groups in total. The van der Waals surface area contributed by atoms with Crippen molar-refractivity contribution in [2.24, 2.45) is 5.92 Å². The minimum absolute atomic E-state index is 0.0178. The number of carbonyl (C=O) groups is 2. The van der Waals surface area contributed by atoms with E-state index in [2.05, 4.69) is 5.32 Å². The van der Waals surface area contributed by atoms with E-state index in [9.17, 15) is 9.59 Å². The van der Waals surface area contributed by atoms with E-state index < -0.39 is 6.10 Å². The molecule has 2 amide bonds. The highest BCUT2D eigenvalue weighted by Crippen LogP contribution is 2.31. The normalized spacial score (nSPS) is 17.8. The number of rotatable bonds is 3. The molecular weight excluding hydrogens is 356 g/mol. The van der Waals surface area contributed by atoms with Crippen molar-refractivity contribution in [1.29, 1.82) is 0 Å². The Morgan fingerprint density at radius 1 is 1.11 bits per heavy atom. The van der Waals surface area contributed by atoms with Gasteiger partial charge in [-0.15, -0.1) is 0 Å². The molecule has 0 spiro atoms. The lowest BCUT2D eigenvalue weighted by Crippen LogP contribution is -2.40. The van der Waals surface area contributed by atoms with E-state index in [-0.39, 0.29) is 24.3 Å². The van der Waals surface area contributed by atoms with Crippen LogP contribution in [0.5, 0.6) is 11.5 Å². The Bertz CT molecular complexity index is 909. The van der Waals surface area contributed by atoms with Crippen LogP contribution >= 0.6 is 0 Å². The van der Waals surface area contributed by atoms with E-state index >= 15 is 0 Å². The van der Waals surface area contributed by atoms with E-state index in [4.69, 9.17) is 9.47 Å². The number of nitrogens with zero attached hydrogens (tertiary/aromatic N) is 1. The van der Waals surface area contributed by atoms with Crippen LogP contribution in [0.25, 0.3) is 0 Å². The Balaban J connectivity index is 1.44. The fourth-order valence-corrected chi connectivity index (χ4v) is 3.56. The number of ether oxygens (including phenoxy) is 2. The molecule has 6 nitrogen and oxygen atoms in total. The lowest BCUT2D eigenvalue weighted by molar-refractivity contribution is -0.135. The van der Waals surface area contributed by atoms with Gasteiger partial charge in [0.1, 0.15) is 6.61 Å². The number of fused-ring (bicyclic) bond motifs is 2. The van der Waals surface area contributed by atoms with E-state index in [0.717, 1.165) is 18.5 Å². The molecule has 1 unspecified atom stereocenters. The summed E-state index contributed by atoms with van der Waals surface area (Å²) in [5.74, 6) is 1.11. The second-order valence-corrected chi connectivity index (χ2v) is 7.50. The Kier molecular flexibility index (Phi) is 4.94. The van der Waals surface area contributed by atoms with E-state index in [0.29, 0.717) is 23.7 Å². The molecule has 2 aliphatic heterocycles. The number of amides is 2. The van der Waals surface area contributed by atoms with Crippen LogP contribution in [0.3, 0.4) is 0 Å². The number of benzene rings is 2. The molecule has 0 radical (unpaired) electrons. The molecule has 4 rings (SSSR count). The van der Waals surface area contributed by atoms with Gasteiger partial charge in [0.15, 0.2) is 11.5 Å². The van der Waals surface area contributed by atoms with Gasteiger partial charge in [-0.3, -0.25) is 9.59 Å². The first-order valence-electron chi connectivity index (χ1n) is 9.61. The fraction of sp³-hybridized carbons (Fsp3) is 0.364. The summed E-state index contributed by atoms with van der Waals surface area (Å²) >= 11 is 0. The molecule has 0 saturated carbocycles. The molecule has 0 aliphatic carbocycles. The smallest absolute Gasteiger partial charge is 0.269 e. The van der Waals surface area contributed by atoms with Crippen molar-refractivity contribution in [1.82, 2.24) is 4.90 Å². The maximum atomic E-state index is 12.6. The monoisotopic (exact) mass is 380 g/mol. The molecule has 6 heteroatoms. The third-order valence-corrected chi connectivity index (χ3v) is 5.09. The van der Waals surface area contributed by atoms with Crippen LogP contribution in [0.1, 0.15) is 25.0 Å². The SMILES string of the molecule is CC(C)C(=O)N1CCc2ccc(NC(=O)C3COc4ccccc4O3)cc2C1. The van der Waals surface area contributed by atoms with E-state index in [1.165, 1.54) is 5.56 Å². The number of carbonyl (C=O) groups excluding carboxylic acids is 2.